The second-order valence-electron chi connectivity index (χ2n) is 5.26. The molecule has 1 aliphatic rings. The van der Waals surface area contributed by atoms with Gasteiger partial charge in [-0.25, -0.2) is 8.78 Å². The van der Waals surface area contributed by atoms with E-state index in [0.29, 0.717) is 12.3 Å². The van der Waals surface area contributed by atoms with Crippen molar-refractivity contribution < 1.29 is 13.5 Å². The lowest BCUT2D eigenvalue weighted by Crippen LogP contribution is -2.38. The monoisotopic (exact) mass is 269 g/mol. The molecular weight excluding hydrogens is 248 g/mol. The highest BCUT2D eigenvalue weighted by Gasteiger charge is 2.29. The molecule has 0 bridgehead atoms. The molecule has 0 spiro atoms. The number of benzene rings is 1. The Morgan fingerprint density at radius 1 is 1.37 bits per heavy atom. The van der Waals surface area contributed by atoms with E-state index in [-0.39, 0.29) is 12.1 Å². The van der Waals surface area contributed by atoms with E-state index in [2.05, 4.69) is 19.2 Å². The van der Waals surface area contributed by atoms with Crippen LogP contribution in [0.2, 0.25) is 0 Å². The topological polar surface area (TPSA) is 21.3 Å². The van der Waals surface area contributed by atoms with Crippen LogP contribution in [0.15, 0.2) is 18.2 Å². The summed E-state index contributed by atoms with van der Waals surface area (Å²) in [7, 11) is 0. The number of hydrogen-bond acceptors (Lipinski definition) is 2. The van der Waals surface area contributed by atoms with E-state index in [4.69, 9.17) is 4.74 Å². The van der Waals surface area contributed by atoms with Crippen LogP contribution in [-0.4, -0.2) is 25.3 Å². The van der Waals surface area contributed by atoms with Crippen LogP contribution >= 0.6 is 0 Å². The fourth-order valence-corrected chi connectivity index (χ4v) is 2.72. The number of halogens is 2. The summed E-state index contributed by atoms with van der Waals surface area (Å²) >= 11 is 0. The first-order valence-electron chi connectivity index (χ1n) is 6.89. The molecule has 3 unspecified atom stereocenters. The molecule has 1 heterocycles. The molecule has 0 aromatic heterocycles. The van der Waals surface area contributed by atoms with Crippen LogP contribution in [0.25, 0.3) is 0 Å². The van der Waals surface area contributed by atoms with Crippen LogP contribution < -0.4 is 5.32 Å². The summed E-state index contributed by atoms with van der Waals surface area (Å²) < 4.78 is 31.8. The van der Waals surface area contributed by atoms with Gasteiger partial charge in [-0.3, -0.25) is 0 Å². The van der Waals surface area contributed by atoms with Crippen molar-refractivity contribution in [2.24, 2.45) is 5.92 Å². The van der Waals surface area contributed by atoms with Gasteiger partial charge in [-0.2, -0.15) is 0 Å². The Morgan fingerprint density at radius 3 is 2.74 bits per heavy atom. The van der Waals surface area contributed by atoms with Gasteiger partial charge in [0.05, 0.1) is 12.7 Å². The summed E-state index contributed by atoms with van der Waals surface area (Å²) in [6.45, 7) is 5.72. The van der Waals surface area contributed by atoms with Crippen molar-refractivity contribution in [1.82, 2.24) is 5.32 Å². The van der Waals surface area contributed by atoms with Gasteiger partial charge in [-0.1, -0.05) is 13.0 Å². The van der Waals surface area contributed by atoms with Gasteiger partial charge in [-0.05, 0) is 44.0 Å². The van der Waals surface area contributed by atoms with Crippen molar-refractivity contribution in [2.45, 2.75) is 38.8 Å². The predicted octanol–water partition coefficient (Wildman–Crippen LogP) is 2.91. The van der Waals surface area contributed by atoms with Crippen molar-refractivity contribution in [3.05, 3.63) is 35.4 Å². The molecule has 1 aromatic rings. The smallest absolute Gasteiger partial charge is 0.159 e. The predicted molar refractivity (Wildman–Crippen MR) is 71.0 cm³/mol. The summed E-state index contributed by atoms with van der Waals surface area (Å²) in [6.07, 6.45) is 2.00. The fourth-order valence-electron chi connectivity index (χ4n) is 2.72. The van der Waals surface area contributed by atoms with Gasteiger partial charge < -0.3 is 10.1 Å². The first kappa shape index (κ1) is 14.4. The van der Waals surface area contributed by atoms with Crippen LogP contribution in [0.1, 0.15) is 25.8 Å². The molecule has 4 heteroatoms. The lowest BCUT2D eigenvalue weighted by Gasteiger charge is -2.23. The van der Waals surface area contributed by atoms with E-state index in [9.17, 15) is 8.78 Å². The lowest BCUT2D eigenvalue weighted by molar-refractivity contribution is 0.117. The SMILES string of the molecule is CCNC(Cc1ccc(F)c(F)c1)C1COC(C)C1. The van der Waals surface area contributed by atoms with E-state index in [1.807, 2.05) is 0 Å². The highest BCUT2D eigenvalue weighted by molar-refractivity contribution is 5.19. The molecule has 2 rings (SSSR count). The Balaban J connectivity index is 2.05. The molecule has 0 saturated carbocycles. The van der Waals surface area contributed by atoms with Crippen molar-refractivity contribution in [3.8, 4) is 0 Å². The first-order chi connectivity index (χ1) is 9.10. The number of nitrogens with one attached hydrogen (secondary N) is 1. The van der Waals surface area contributed by atoms with Crippen molar-refractivity contribution in [1.29, 1.82) is 0 Å². The maximum Gasteiger partial charge on any atom is 0.159 e. The number of rotatable bonds is 5. The lowest BCUT2D eigenvalue weighted by atomic mass is 9.91. The molecule has 19 heavy (non-hydrogen) atoms. The largest absolute Gasteiger partial charge is 0.378 e. The summed E-state index contributed by atoms with van der Waals surface area (Å²) in [6, 6.07) is 4.39. The average Bonchev–Trinajstić information content (AvgIpc) is 2.80. The molecule has 0 amide bonds. The van der Waals surface area contributed by atoms with Crippen LogP contribution in [0.4, 0.5) is 8.78 Å². The van der Waals surface area contributed by atoms with Crippen molar-refractivity contribution in [3.63, 3.8) is 0 Å². The molecule has 2 nitrogen and oxygen atoms in total. The Kier molecular flexibility index (Phi) is 4.88. The Morgan fingerprint density at radius 2 is 2.16 bits per heavy atom. The second-order valence-corrected chi connectivity index (χ2v) is 5.26. The van der Waals surface area contributed by atoms with Crippen LogP contribution in [0.3, 0.4) is 0 Å². The molecule has 1 aromatic carbocycles. The highest BCUT2D eigenvalue weighted by atomic mass is 19.2. The van der Waals surface area contributed by atoms with E-state index in [1.54, 1.807) is 6.07 Å². The Labute approximate surface area is 113 Å². The van der Waals surface area contributed by atoms with E-state index in [0.717, 1.165) is 25.1 Å². The van der Waals surface area contributed by atoms with Crippen LogP contribution in [-0.2, 0) is 11.2 Å². The standard InChI is InChI=1S/C15H21F2NO/c1-3-18-15(12-6-10(2)19-9-12)8-11-4-5-13(16)14(17)7-11/h4-5,7,10,12,15,18H,3,6,8-9H2,1-2H3. The van der Waals surface area contributed by atoms with Crippen molar-refractivity contribution in [2.75, 3.05) is 13.2 Å². The van der Waals surface area contributed by atoms with Gasteiger partial charge in [0, 0.05) is 12.0 Å². The molecular formula is C15H21F2NO. The molecule has 0 aliphatic carbocycles. The van der Waals surface area contributed by atoms with Gasteiger partial charge in [0.1, 0.15) is 0 Å². The molecule has 3 atom stereocenters. The zero-order valence-electron chi connectivity index (χ0n) is 11.5. The molecule has 1 N–H and O–H groups in total. The molecule has 1 fully saturated rings. The summed E-state index contributed by atoms with van der Waals surface area (Å²) in [5.74, 6) is -1.13. The zero-order valence-corrected chi connectivity index (χ0v) is 11.5. The second kappa shape index (κ2) is 6.44. The maximum absolute atomic E-state index is 13.2. The number of likely N-dealkylation sites (N-methyl/N-ethyl adjacent to an activating group) is 1. The van der Waals surface area contributed by atoms with E-state index < -0.39 is 11.6 Å². The third-order valence-electron chi connectivity index (χ3n) is 3.70. The zero-order chi connectivity index (χ0) is 13.8. The maximum atomic E-state index is 13.2. The summed E-state index contributed by atoms with van der Waals surface area (Å²) in [5, 5.41) is 3.43. The highest BCUT2D eigenvalue weighted by Crippen LogP contribution is 2.24. The normalized spacial score (nSPS) is 24.6. The first-order valence-corrected chi connectivity index (χ1v) is 6.89. The van der Waals surface area contributed by atoms with E-state index in [1.165, 1.54) is 12.1 Å². The average molecular weight is 269 g/mol. The minimum absolute atomic E-state index is 0.250. The quantitative estimate of drug-likeness (QED) is 0.887. The third-order valence-corrected chi connectivity index (χ3v) is 3.70. The molecule has 1 aliphatic heterocycles. The van der Waals surface area contributed by atoms with Gasteiger partial charge in [0.25, 0.3) is 0 Å². The van der Waals surface area contributed by atoms with Crippen molar-refractivity contribution >= 4 is 0 Å². The summed E-state index contributed by atoms with van der Waals surface area (Å²) in [4.78, 5) is 0. The van der Waals surface area contributed by atoms with Crippen LogP contribution in [0, 0.1) is 17.6 Å². The number of ether oxygens (including phenoxy) is 1. The van der Waals surface area contributed by atoms with Gasteiger partial charge in [0.2, 0.25) is 0 Å². The van der Waals surface area contributed by atoms with E-state index >= 15 is 0 Å². The number of hydrogen-bond donors (Lipinski definition) is 1. The minimum atomic E-state index is -0.790. The minimum Gasteiger partial charge on any atom is -0.378 e. The summed E-state index contributed by atoms with van der Waals surface area (Å²) in [5.41, 5.74) is 0.824. The Hall–Kier alpha value is -1.00. The van der Waals surface area contributed by atoms with Gasteiger partial charge >= 0.3 is 0 Å². The molecule has 1 saturated heterocycles. The van der Waals surface area contributed by atoms with Gasteiger partial charge in [0.15, 0.2) is 11.6 Å². The van der Waals surface area contributed by atoms with Gasteiger partial charge in [-0.15, -0.1) is 0 Å². The third kappa shape index (κ3) is 3.74. The van der Waals surface area contributed by atoms with Crippen LogP contribution in [0.5, 0.6) is 0 Å². The Bertz CT molecular complexity index is 425. The fraction of sp³-hybridized carbons (Fsp3) is 0.600. The molecule has 0 radical (unpaired) electrons. The molecule has 106 valence electrons.